The lowest BCUT2D eigenvalue weighted by Gasteiger charge is -2.24. The van der Waals surface area contributed by atoms with Crippen molar-refractivity contribution < 1.29 is 13.2 Å². The second-order valence-electron chi connectivity index (χ2n) is 7.61. The lowest BCUT2D eigenvalue weighted by atomic mass is 10.2. The lowest BCUT2D eigenvalue weighted by Crippen LogP contribution is -2.31. The zero-order chi connectivity index (χ0) is 21.1. The van der Waals surface area contributed by atoms with E-state index in [0.29, 0.717) is 4.90 Å². The third-order valence-corrected chi connectivity index (χ3v) is 6.58. The average Bonchev–Trinajstić information content (AvgIpc) is 2.98. The Labute approximate surface area is 177 Å². The Bertz CT molecular complexity index is 1130. The molecule has 0 amide bonds. The van der Waals surface area contributed by atoms with E-state index in [0.717, 1.165) is 61.6 Å². The standard InChI is InChI=1S/C22H26N4O3S/c1-29-18-6-4-17(5-7-18)15-25-10-3-11-26(13-12-25)22-20-14-19(30(2,27)28)8-9-21(20)23-16-24-22/h4-9,14,16H,3,10-13,15H2,1-2H3. The predicted molar refractivity (Wildman–Crippen MR) is 118 cm³/mol. The van der Waals surface area contributed by atoms with Crippen LogP contribution < -0.4 is 9.64 Å². The van der Waals surface area contributed by atoms with Gasteiger partial charge in [0.25, 0.3) is 0 Å². The predicted octanol–water partition coefficient (Wildman–Crippen LogP) is 2.75. The van der Waals surface area contributed by atoms with E-state index in [9.17, 15) is 8.42 Å². The quantitative estimate of drug-likeness (QED) is 0.621. The molecule has 1 saturated heterocycles. The largest absolute Gasteiger partial charge is 0.497 e. The first-order valence-corrected chi connectivity index (χ1v) is 11.9. The fourth-order valence-electron chi connectivity index (χ4n) is 3.83. The van der Waals surface area contributed by atoms with Crippen molar-refractivity contribution in [2.24, 2.45) is 0 Å². The van der Waals surface area contributed by atoms with Crippen molar-refractivity contribution in [3.8, 4) is 5.75 Å². The van der Waals surface area contributed by atoms with Gasteiger partial charge in [-0.05, 0) is 42.3 Å². The van der Waals surface area contributed by atoms with Crippen LogP contribution >= 0.6 is 0 Å². The highest BCUT2D eigenvalue weighted by molar-refractivity contribution is 7.90. The van der Waals surface area contributed by atoms with Gasteiger partial charge >= 0.3 is 0 Å². The number of sulfone groups is 1. The molecule has 7 nitrogen and oxygen atoms in total. The number of methoxy groups -OCH3 is 1. The zero-order valence-electron chi connectivity index (χ0n) is 17.3. The molecule has 30 heavy (non-hydrogen) atoms. The van der Waals surface area contributed by atoms with Crippen LogP contribution in [0.1, 0.15) is 12.0 Å². The molecule has 158 valence electrons. The van der Waals surface area contributed by atoms with E-state index in [-0.39, 0.29) is 0 Å². The van der Waals surface area contributed by atoms with Gasteiger partial charge in [0.05, 0.1) is 17.5 Å². The van der Waals surface area contributed by atoms with Crippen molar-refractivity contribution in [2.45, 2.75) is 17.9 Å². The molecule has 0 N–H and O–H groups in total. The molecule has 2 heterocycles. The maximum atomic E-state index is 12.0. The number of aromatic nitrogens is 2. The normalized spacial score (nSPS) is 15.9. The van der Waals surface area contributed by atoms with Gasteiger partial charge < -0.3 is 9.64 Å². The van der Waals surface area contributed by atoms with Crippen LogP contribution in [-0.2, 0) is 16.4 Å². The van der Waals surface area contributed by atoms with Gasteiger partial charge in [-0.1, -0.05) is 12.1 Å². The van der Waals surface area contributed by atoms with E-state index < -0.39 is 9.84 Å². The third-order valence-electron chi connectivity index (χ3n) is 5.47. The maximum Gasteiger partial charge on any atom is 0.175 e. The van der Waals surface area contributed by atoms with Gasteiger partial charge in [0, 0.05) is 44.4 Å². The van der Waals surface area contributed by atoms with Crippen LogP contribution in [0.25, 0.3) is 10.9 Å². The third kappa shape index (κ3) is 4.55. The van der Waals surface area contributed by atoms with Crippen molar-refractivity contribution in [3.63, 3.8) is 0 Å². The highest BCUT2D eigenvalue weighted by Gasteiger charge is 2.19. The summed E-state index contributed by atoms with van der Waals surface area (Å²) in [7, 11) is -1.61. The molecule has 8 heteroatoms. The van der Waals surface area contributed by atoms with E-state index in [1.54, 1.807) is 31.6 Å². The fourth-order valence-corrected chi connectivity index (χ4v) is 4.48. The molecule has 2 aromatic carbocycles. The van der Waals surface area contributed by atoms with Crippen LogP contribution in [0.15, 0.2) is 53.7 Å². The van der Waals surface area contributed by atoms with Crippen LogP contribution in [0.4, 0.5) is 5.82 Å². The summed E-state index contributed by atoms with van der Waals surface area (Å²) >= 11 is 0. The molecule has 0 atom stereocenters. The molecule has 0 saturated carbocycles. The smallest absolute Gasteiger partial charge is 0.175 e. The molecule has 0 bridgehead atoms. The number of nitrogens with zero attached hydrogens (tertiary/aromatic N) is 4. The monoisotopic (exact) mass is 426 g/mol. The number of hydrogen-bond donors (Lipinski definition) is 0. The Morgan fingerprint density at radius 1 is 1.00 bits per heavy atom. The Hall–Kier alpha value is -2.71. The Kier molecular flexibility index (Phi) is 5.87. The molecular formula is C22H26N4O3S. The highest BCUT2D eigenvalue weighted by Crippen LogP contribution is 2.27. The second-order valence-corrected chi connectivity index (χ2v) is 9.63. The van der Waals surface area contributed by atoms with Crippen LogP contribution in [0, 0.1) is 0 Å². The molecule has 1 fully saturated rings. The van der Waals surface area contributed by atoms with E-state index in [2.05, 4.69) is 31.9 Å². The van der Waals surface area contributed by atoms with Gasteiger partial charge in [-0.25, -0.2) is 18.4 Å². The first kappa shape index (κ1) is 20.6. The van der Waals surface area contributed by atoms with Gasteiger partial charge in [-0.3, -0.25) is 4.90 Å². The topological polar surface area (TPSA) is 75.6 Å². The summed E-state index contributed by atoms with van der Waals surface area (Å²) in [6, 6.07) is 13.2. The van der Waals surface area contributed by atoms with Gasteiger partial charge in [-0.2, -0.15) is 0 Å². The van der Waals surface area contributed by atoms with Gasteiger partial charge in [0.15, 0.2) is 9.84 Å². The zero-order valence-corrected chi connectivity index (χ0v) is 18.1. The van der Waals surface area contributed by atoms with Crippen molar-refractivity contribution in [2.75, 3.05) is 44.4 Å². The van der Waals surface area contributed by atoms with E-state index >= 15 is 0 Å². The molecule has 0 spiro atoms. The number of ether oxygens (including phenoxy) is 1. The minimum absolute atomic E-state index is 0.294. The van der Waals surface area contributed by atoms with Crippen LogP contribution in [0.3, 0.4) is 0 Å². The number of rotatable bonds is 5. The summed E-state index contributed by atoms with van der Waals surface area (Å²) in [5.41, 5.74) is 2.02. The molecule has 3 aromatic rings. The molecule has 0 unspecified atom stereocenters. The maximum absolute atomic E-state index is 12.0. The number of fused-ring (bicyclic) bond motifs is 1. The summed E-state index contributed by atoms with van der Waals surface area (Å²) in [5.74, 6) is 1.67. The molecule has 1 aromatic heterocycles. The summed E-state index contributed by atoms with van der Waals surface area (Å²) in [4.78, 5) is 13.8. The average molecular weight is 427 g/mol. The summed E-state index contributed by atoms with van der Waals surface area (Å²) in [5, 5.41) is 0.782. The van der Waals surface area contributed by atoms with E-state index in [4.69, 9.17) is 4.74 Å². The van der Waals surface area contributed by atoms with Crippen molar-refractivity contribution >= 4 is 26.6 Å². The molecule has 1 aliphatic heterocycles. The van der Waals surface area contributed by atoms with E-state index in [1.165, 1.54) is 11.8 Å². The fraction of sp³-hybridized carbons (Fsp3) is 0.364. The van der Waals surface area contributed by atoms with Crippen LogP contribution in [0.5, 0.6) is 5.75 Å². The molecule has 4 rings (SSSR count). The second kappa shape index (κ2) is 8.57. The Balaban J connectivity index is 1.53. The first-order valence-electron chi connectivity index (χ1n) is 9.99. The SMILES string of the molecule is COc1ccc(CN2CCCN(c3ncnc4ccc(S(C)(=O)=O)cc34)CC2)cc1. The summed E-state index contributed by atoms with van der Waals surface area (Å²) < 4.78 is 29.3. The van der Waals surface area contributed by atoms with E-state index in [1.807, 2.05) is 12.1 Å². The minimum Gasteiger partial charge on any atom is -0.497 e. The molecule has 0 radical (unpaired) electrons. The number of anilines is 1. The minimum atomic E-state index is -3.29. The Morgan fingerprint density at radius 2 is 1.80 bits per heavy atom. The summed E-state index contributed by atoms with van der Waals surface area (Å²) in [6.07, 6.45) is 3.78. The van der Waals surface area contributed by atoms with Gasteiger partial charge in [0.2, 0.25) is 0 Å². The molecular weight excluding hydrogens is 400 g/mol. The van der Waals surface area contributed by atoms with Crippen molar-refractivity contribution in [1.82, 2.24) is 14.9 Å². The highest BCUT2D eigenvalue weighted by atomic mass is 32.2. The number of benzene rings is 2. The van der Waals surface area contributed by atoms with Crippen molar-refractivity contribution in [3.05, 3.63) is 54.4 Å². The van der Waals surface area contributed by atoms with Gasteiger partial charge in [-0.15, -0.1) is 0 Å². The van der Waals surface area contributed by atoms with Crippen LogP contribution in [0.2, 0.25) is 0 Å². The van der Waals surface area contributed by atoms with Crippen LogP contribution in [-0.4, -0.2) is 62.8 Å². The Morgan fingerprint density at radius 3 is 2.53 bits per heavy atom. The molecule has 1 aliphatic rings. The lowest BCUT2D eigenvalue weighted by molar-refractivity contribution is 0.285. The molecule has 0 aliphatic carbocycles. The summed E-state index contributed by atoms with van der Waals surface area (Å²) in [6.45, 7) is 4.49. The first-order chi connectivity index (χ1) is 14.4. The van der Waals surface area contributed by atoms with Gasteiger partial charge in [0.1, 0.15) is 17.9 Å². The van der Waals surface area contributed by atoms with Crippen molar-refractivity contribution in [1.29, 1.82) is 0 Å². The number of hydrogen-bond acceptors (Lipinski definition) is 7.